The fourth-order valence-electron chi connectivity index (χ4n) is 2.69. The molecule has 0 saturated heterocycles. The third-order valence-electron chi connectivity index (χ3n) is 4.40. The number of nitriles is 1. The maximum atomic E-state index is 13.0. The predicted octanol–water partition coefficient (Wildman–Crippen LogP) is 3.86. The number of Topliss-reactive ketones (excluding diaryl/α,β-unsaturated/α-hetero) is 1. The first-order valence-corrected chi connectivity index (χ1v) is 11.0. The molecule has 6 nitrogen and oxygen atoms in total. The zero-order valence-corrected chi connectivity index (χ0v) is 17.8. The number of aryl methyl sites for hydroxylation is 1. The molecule has 0 spiro atoms. The predicted molar refractivity (Wildman–Crippen MR) is 112 cm³/mol. The smallest absolute Gasteiger partial charge is 0.242 e. The van der Waals surface area contributed by atoms with Crippen LogP contribution in [0.1, 0.15) is 26.8 Å². The van der Waals surface area contributed by atoms with Crippen molar-refractivity contribution in [1.82, 2.24) is 9.29 Å². The molecule has 0 aliphatic heterocycles. The number of nitrogens with zero attached hydrogens (tertiary/aromatic N) is 3. The highest BCUT2D eigenvalue weighted by Crippen LogP contribution is 2.29. The van der Waals surface area contributed by atoms with Crippen molar-refractivity contribution in [3.63, 3.8) is 0 Å². The van der Waals surface area contributed by atoms with Gasteiger partial charge in [-0.25, -0.2) is 17.7 Å². The minimum Gasteiger partial charge on any atom is -0.292 e. The number of ketones is 1. The Labute approximate surface area is 174 Å². The molecule has 0 radical (unpaired) electrons. The molecule has 0 amide bonds. The van der Waals surface area contributed by atoms with Crippen LogP contribution in [0.2, 0.25) is 0 Å². The standard InChI is InChI=1S/C21H19N3O3S2/c1-14-7-9-15(10-8-14)19-13-28-21(23-19)18(12-22)20(25)16-5-4-6-17(11-16)29(26,27)24(2)3/h4-11,13,18H,1-3H3/t18-/m1/s1. The highest BCUT2D eigenvalue weighted by atomic mass is 32.2. The highest BCUT2D eigenvalue weighted by Gasteiger charge is 2.27. The normalized spacial score (nSPS) is 12.5. The summed E-state index contributed by atoms with van der Waals surface area (Å²) in [6.07, 6.45) is 0. The van der Waals surface area contributed by atoms with Crippen LogP contribution in [0.15, 0.2) is 58.8 Å². The van der Waals surface area contributed by atoms with E-state index in [4.69, 9.17) is 0 Å². The van der Waals surface area contributed by atoms with Crippen LogP contribution in [0.4, 0.5) is 0 Å². The summed E-state index contributed by atoms with van der Waals surface area (Å²) in [7, 11) is -0.839. The molecule has 1 heterocycles. The second-order valence-electron chi connectivity index (χ2n) is 6.68. The number of aromatic nitrogens is 1. The summed E-state index contributed by atoms with van der Waals surface area (Å²) in [6.45, 7) is 1.99. The SMILES string of the molecule is Cc1ccc(-c2csc([C@H](C#N)C(=O)c3cccc(S(=O)(=O)N(C)C)c3)n2)cc1. The van der Waals surface area contributed by atoms with Crippen molar-refractivity contribution >= 4 is 27.1 Å². The highest BCUT2D eigenvalue weighted by molar-refractivity contribution is 7.89. The summed E-state index contributed by atoms with van der Waals surface area (Å²) in [5, 5.41) is 11.8. The Bertz CT molecular complexity index is 1190. The average Bonchev–Trinajstić information content (AvgIpc) is 3.18. The number of sulfonamides is 1. The number of hydrogen-bond acceptors (Lipinski definition) is 6. The molecule has 0 saturated carbocycles. The van der Waals surface area contributed by atoms with E-state index in [0.717, 1.165) is 15.4 Å². The fourth-order valence-corrected chi connectivity index (χ4v) is 4.51. The van der Waals surface area contributed by atoms with Crippen LogP contribution in [-0.4, -0.2) is 37.6 Å². The molecule has 0 unspecified atom stereocenters. The largest absolute Gasteiger partial charge is 0.292 e. The Morgan fingerprint density at radius 3 is 2.48 bits per heavy atom. The number of carbonyl (C=O) groups excluding carboxylic acids is 1. The van der Waals surface area contributed by atoms with Crippen LogP contribution in [0.3, 0.4) is 0 Å². The van der Waals surface area contributed by atoms with Gasteiger partial charge in [0.05, 0.1) is 16.7 Å². The monoisotopic (exact) mass is 425 g/mol. The van der Waals surface area contributed by atoms with E-state index in [9.17, 15) is 18.5 Å². The van der Waals surface area contributed by atoms with Crippen LogP contribution in [-0.2, 0) is 10.0 Å². The molecule has 2 aromatic carbocycles. The van der Waals surface area contributed by atoms with Crippen molar-refractivity contribution in [2.75, 3.05) is 14.1 Å². The third-order valence-corrected chi connectivity index (χ3v) is 7.13. The molecule has 8 heteroatoms. The van der Waals surface area contributed by atoms with E-state index >= 15 is 0 Å². The third kappa shape index (κ3) is 4.27. The fraction of sp³-hybridized carbons (Fsp3) is 0.190. The maximum Gasteiger partial charge on any atom is 0.242 e. The zero-order valence-electron chi connectivity index (χ0n) is 16.2. The van der Waals surface area contributed by atoms with Crippen LogP contribution >= 0.6 is 11.3 Å². The summed E-state index contributed by atoms with van der Waals surface area (Å²) < 4.78 is 25.8. The van der Waals surface area contributed by atoms with Gasteiger partial charge in [0.2, 0.25) is 10.0 Å². The Kier molecular flexibility index (Phi) is 5.94. The van der Waals surface area contributed by atoms with E-state index in [0.29, 0.717) is 10.7 Å². The molecule has 0 N–H and O–H groups in total. The van der Waals surface area contributed by atoms with E-state index in [2.05, 4.69) is 4.98 Å². The van der Waals surface area contributed by atoms with Gasteiger partial charge in [0.25, 0.3) is 0 Å². The van der Waals surface area contributed by atoms with Gasteiger partial charge in [-0.2, -0.15) is 5.26 Å². The van der Waals surface area contributed by atoms with Crippen molar-refractivity contribution in [1.29, 1.82) is 5.26 Å². The summed E-state index contributed by atoms with van der Waals surface area (Å²) >= 11 is 1.24. The lowest BCUT2D eigenvalue weighted by Gasteiger charge is -2.12. The van der Waals surface area contributed by atoms with Crippen LogP contribution in [0.5, 0.6) is 0 Å². The van der Waals surface area contributed by atoms with Crippen LogP contribution < -0.4 is 0 Å². The van der Waals surface area contributed by atoms with Crippen LogP contribution in [0.25, 0.3) is 11.3 Å². The summed E-state index contributed by atoms with van der Waals surface area (Å²) in [4.78, 5) is 17.4. The molecule has 3 aromatic rings. The molecular weight excluding hydrogens is 406 g/mol. The van der Waals surface area contributed by atoms with Gasteiger partial charge < -0.3 is 0 Å². The van der Waals surface area contributed by atoms with Gasteiger partial charge in [0.15, 0.2) is 11.7 Å². The molecule has 29 heavy (non-hydrogen) atoms. The van der Waals surface area contributed by atoms with Crippen molar-refractivity contribution in [2.45, 2.75) is 17.7 Å². The van der Waals surface area contributed by atoms with E-state index in [1.54, 1.807) is 0 Å². The Morgan fingerprint density at radius 2 is 1.86 bits per heavy atom. The molecular formula is C21H19N3O3S2. The first-order valence-electron chi connectivity index (χ1n) is 8.73. The Balaban J connectivity index is 1.93. The molecule has 1 aromatic heterocycles. The van der Waals surface area contributed by atoms with Gasteiger partial charge in [-0.1, -0.05) is 42.0 Å². The number of benzene rings is 2. The molecule has 0 aliphatic carbocycles. The molecule has 1 atom stereocenters. The van der Waals surface area contributed by atoms with Crippen molar-refractivity contribution in [3.05, 3.63) is 70.0 Å². The zero-order chi connectivity index (χ0) is 21.2. The Morgan fingerprint density at radius 1 is 1.17 bits per heavy atom. The summed E-state index contributed by atoms with van der Waals surface area (Å²) in [6, 6.07) is 15.6. The minimum absolute atomic E-state index is 0.00419. The van der Waals surface area contributed by atoms with Gasteiger partial charge in [0, 0.05) is 30.6 Å². The number of hydrogen-bond donors (Lipinski definition) is 0. The lowest BCUT2D eigenvalue weighted by molar-refractivity contribution is 0.0978. The molecule has 0 bridgehead atoms. The molecule has 0 fully saturated rings. The molecule has 148 valence electrons. The minimum atomic E-state index is -3.68. The van der Waals surface area contributed by atoms with Crippen molar-refractivity contribution < 1.29 is 13.2 Å². The lowest BCUT2D eigenvalue weighted by Crippen LogP contribution is -2.22. The molecule has 0 aliphatic rings. The first kappa shape index (κ1) is 20.9. The van der Waals surface area contributed by atoms with E-state index < -0.39 is 21.7 Å². The Hall–Kier alpha value is -2.86. The number of carbonyl (C=O) groups is 1. The van der Waals surface area contributed by atoms with E-state index in [-0.39, 0.29) is 10.5 Å². The number of thiazole rings is 1. The maximum absolute atomic E-state index is 13.0. The van der Waals surface area contributed by atoms with Gasteiger partial charge in [0.1, 0.15) is 5.01 Å². The van der Waals surface area contributed by atoms with E-state index in [1.165, 1.54) is 49.7 Å². The quantitative estimate of drug-likeness (QED) is 0.559. The van der Waals surface area contributed by atoms with E-state index in [1.807, 2.05) is 42.6 Å². The first-order chi connectivity index (χ1) is 13.7. The van der Waals surface area contributed by atoms with Crippen molar-refractivity contribution in [2.24, 2.45) is 0 Å². The summed E-state index contributed by atoms with van der Waals surface area (Å²) in [5.41, 5.74) is 2.89. The van der Waals surface area contributed by atoms with Crippen molar-refractivity contribution in [3.8, 4) is 17.3 Å². The topological polar surface area (TPSA) is 91.1 Å². The van der Waals surface area contributed by atoms with Gasteiger partial charge in [-0.05, 0) is 19.1 Å². The van der Waals surface area contributed by atoms with Gasteiger partial charge in [-0.3, -0.25) is 4.79 Å². The second-order valence-corrected chi connectivity index (χ2v) is 9.72. The van der Waals surface area contributed by atoms with Gasteiger partial charge in [-0.15, -0.1) is 11.3 Å². The second kappa shape index (κ2) is 8.25. The summed E-state index contributed by atoms with van der Waals surface area (Å²) in [5.74, 6) is -1.58. The molecule has 3 rings (SSSR count). The van der Waals surface area contributed by atoms with Crippen LogP contribution in [0, 0.1) is 18.3 Å². The lowest BCUT2D eigenvalue weighted by atomic mass is 9.99. The number of rotatable bonds is 6. The average molecular weight is 426 g/mol. The van der Waals surface area contributed by atoms with Gasteiger partial charge >= 0.3 is 0 Å².